The van der Waals surface area contributed by atoms with Crippen LogP contribution in [-0.4, -0.2) is 33.7 Å². The summed E-state index contributed by atoms with van der Waals surface area (Å²) >= 11 is 0. The molecular formula is C19H27N3O. The minimum atomic E-state index is -0.274. The molecule has 4 heteroatoms. The molecule has 2 rings (SSSR count). The molecular weight excluding hydrogens is 286 g/mol. The summed E-state index contributed by atoms with van der Waals surface area (Å²) in [4.78, 5) is 14.7. The molecule has 0 fully saturated rings. The lowest BCUT2D eigenvalue weighted by Gasteiger charge is -2.25. The summed E-state index contributed by atoms with van der Waals surface area (Å²) in [5.41, 5.74) is 3.12. The number of hydrogen-bond donors (Lipinski definition) is 0. The summed E-state index contributed by atoms with van der Waals surface area (Å²) in [7, 11) is 0. The largest absolute Gasteiger partial charge is 0.341 e. The second-order valence-electron chi connectivity index (χ2n) is 6.01. The van der Waals surface area contributed by atoms with Crippen LogP contribution in [0.4, 0.5) is 0 Å². The Balaban J connectivity index is 2.23. The van der Waals surface area contributed by atoms with E-state index in [1.54, 1.807) is 4.68 Å². The lowest BCUT2D eigenvalue weighted by Crippen LogP contribution is -2.37. The quantitative estimate of drug-likeness (QED) is 0.773. The van der Waals surface area contributed by atoms with Crippen LogP contribution in [0.25, 0.3) is 11.3 Å². The van der Waals surface area contributed by atoms with Gasteiger partial charge >= 0.3 is 0 Å². The van der Waals surface area contributed by atoms with Gasteiger partial charge in [0.25, 0.3) is 0 Å². The Morgan fingerprint density at radius 2 is 1.78 bits per heavy atom. The zero-order valence-corrected chi connectivity index (χ0v) is 14.6. The molecule has 1 amide bonds. The molecule has 23 heavy (non-hydrogen) atoms. The minimum absolute atomic E-state index is 0.149. The number of hydrogen-bond acceptors (Lipinski definition) is 2. The summed E-state index contributed by atoms with van der Waals surface area (Å²) in [5, 5.41) is 4.67. The van der Waals surface area contributed by atoms with Crippen LogP contribution in [0.3, 0.4) is 0 Å². The average molecular weight is 313 g/mol. The fourth-order valence-electron chi connectivity index (χ4n) is 2.81. The third kappa shape index (κ3) is 4.01. The Bertz CT molecular complexity index is 627. The van der Waals surface area contributed by atoms with Crippen molar-refractivity contribution in [2.45, 2.75) is 46.6 Å². The zero-order valence-electron chi connectivity index (χ0n) is 14.6. The van der Waals surface area contributed by atoms with E-state index in [2.05, 4.69) is 18.9 Å². The van der Waals surface area contributed by atoms with Crippen molar-refractivity contribution in [3.63, 3.8) is 0 Å². The number of rotatable bonds is 7. The third-order valence-electron chi connectivity index (χ3n) is 4.02. The molecule has 1 aromatic heterocycles. The normalized spacial score (nSPS) is 12.2. The monoisotopic (exact) mass is 313 g/mol. The molecule has 0 saturated heterocycles. The van der Waals surface area contributed by atoms with Crippen LogP contribution >= 0.6 is 0 Å². The Kier molecular flexibility index (Phi) is 5.97. The van der Waals surface area contributed by atoms with Gasteiger partial charge in [-0.1, -0.05) is 44.2 Å². The van der Waals surface area contributed by atoms with E-state index < -0.39 is 0 Å². The first-order chi connectivity index (χ1) is 11.1. The number of aryl methyl sites for hydroxylation is 1. The van der Waals surface area contributed by atoms with Gasteiger partial charge in [0.15, 0.2) is 0 Å². The van der Waals surface area contributed by atoms with E-state index in [4.69, 9.17) is 0 Å². The smallest absolute Gasteiger partial charge is 0.247 e. The Morgan fingerprint density at radius 3 is 2.35 bits per heavy atom. The van der Waals surface area contributed by atoms with E-state index in [9.17, 15) is 4.79 Å². The van der Waals surface area contributed by atoms with E-state index >= 15 is 0 Å². The summed E-state index contributed by atoms with van der Waals surface area (Å²) in [6, 6.07) is 9.83. The van der Waals surface area contributed by atoms with Crippen LogP contribution in [-0.2, 0) is 4.79 Å². The summed E-state index contributed by atoms with van der Waals surface area (Å²) in [6.07, 6.45) is 3.93. The molecule has 0 spiro atoms. The zero-order chi connectivity index (χ0) is 16.8. The molecule has 1 aromatic carbocycles. The number of amides is 1. The highest BCUT2D eigenvalue weighted by atomic mass is 16.2. The first-order valence-corrected chi connectivity index (χ1v) is 8.48. The Labute approximate surface area is 139 Å². The fraction of sp³-hybridized carbons (Fsp3) is 0.474. The molecule has 0 aliphatic rings. The standard InChI is InChI=1S/C19H27N3O/c1-5-12-21(13-6-2)19(23)16(4)22-14-15(3)18(20-22)17-10-8-7-9-11-17/h7-11,14,16H,5-6,12-13H2,1-4H3. The molecule has 2 aromatic rings. The maximum atomic E-state index is 12.7. The van der Waals surface area contributed by atoms with Crippen LogP contribution in [0.2, 0.25) is 0 Å². The molecule has 1 unspecified atom stereocenters. The Hall–Kier alpha value is -2.10. The second kappa shape index (κ2) is 7.95. The first kappa shape index (κ1) is 17.3. The van der Waals surface area contributed by atoms with E-state index in [0.29, 0.717) is 0 Å². The van der Waals surface area contributed by atoms with Crippen LogP contribution in [0.5, 0.6) is 0 Å². The third-order valence-corrected chi connectivity index (χ3v) is 4.02. The van der Waals surface area contributed by atoms with Crippen molar-refractivity contribution in [2.24, 2.45) is 0 Å². The number of nitrogens with zero attached hydrogens (tertiary/aromatic N) is 3. The molecule has 0 aliphatic heterocycles. The van der Waals surface area contributed by atoms with Crippen LogP contribution in [0, 0.1) is 6.92 Å². The van der Waals surface area contributed by atoms with Crippen LogP contribution < -0.4 is 0 Å². The molecule has 0 aliphatic carbocycles. The first-order valence-electron chi connectivity index (χ1n) is 8.48. The number of benzene rings is 1. The number of aromatic nitrogens is 2. The van der Waals surface area contributed by atoms with Crippen LogP contribution in [0.1, 0.15) is 45.2 Å². The summed E-state index contributed by atoms with van der Waals surface area (Å²) in [5.74, 6) is 0.149. The predicted molar refractivity (Wildman–Crippen MR) is 94.3 cm³/mol. The van der Waals surface area contributed by atoms with Gasteiger partial charge in [0.2, 0.25) is 5.91 Å². The highest BCUT2D eigenvalue weighted by Gasteiger charge is 2.22. The summed E-state index contributed by atoms with van der Waals surface area (Å²) in [6.45, 7) is 9.80. The molecule has 0 saturated carbocycles. The van der Waals surface area contributed by atoms with Crippen LogP contribution in [0.15, 0.2) is 36.5 Å². The van der Waals surface area contributed by atoms with Gasteiger partial charge < -0.3 is 4.90 Å². The molecule has 1 atom stereocenters. The Morgan fingerprint density at radius 1 is 1.17 bits per heavy atom. The SMILES string of the molecule is CCCN(CCC)C(=O)C(C)n1cc(C)c(-c2ccccc2)n1. The maximum absolute atomic E-state index is 12.7. The molecule has 124 valence electrons. The van der Waals surface area contributed by atoms with Crippen molar-refractivity contribution < 1.29 is 4.79 Å². The predicted octanol–water partition coefficient (Wildman–Crippen LogP) is 4.07. The number of carbonyl (C=O) groups excluding carboxylic acids is 1. The van der Waals surface area contributed by atoms with Crippen molar-refractivity contribution in [1.82, 2.24) is 14.7 Å². The average Bonchev–Trinajstić information content (AvgIpc) is 2.96. The molecule has 1 heterocycles. The maximum Gasteiger partial charge on any atom is 0.247 e. The highest BCUT2D eigenvalue weighted by molar-refractivity contribution is 5.80. The number of carbonyl (C=O) groups is 1. The second-order valence-corrected chi connectivity index (χ2v) is 6.01. The van der Waals surface area contributed by atoms with Gasteiger partial charge in [-0.25, -0.2) is 0 Å². The van der Waals surface area contributed by atoms with Crippen molar-refractivity contribution in [3.05, 3.63) is 42.1 Å². The fourth-order valence-corrected chi connectivity index (χ4v) is 2.81. The van der Waals surface area contributed by atoms with Crippen molar-refractivity contribution in [3.8, 4) is 11.3 Å². The van der Waals surface area contributed by atoms with Crippen molar-refractivity contribution in [2.75, 3.05) is 13.1 Å². The van der Waals surface area contributed by atoms with Gasteiger partial charge in [-0.3, -0.25) is 9.48 Å². The van der Waals surface area contributed by atoms with E-state index in [0.717, 1.165) is 42.8 Å². The van der Waals surface area contributed by atoms with Gasteiger partial charge in [0, 0.05) is 24.8 Å². The van der Waals surface area contributed by atoms with Gasteiger partial charge in [0.05, 0.1) is 5.69 Å². The van der Waals surface area contributed by atoms with E-state index in [-0.39, 0.29) is 11.9 Å². The van der Waals surface area contributed by atoms with E-state index in [1.165, 1.54) is 0 Å². The minimum Gasteiger partial charge on any atom is -0.341 e. The molecule has 4 nitrogen and oxygen atoms in total. The van der Waals surface area contributed by atoms with Gasteiger partial charge in [-0.2, -0.15) is 5.10 Å². The lowest BCUT2D eigenvalue weighted by molar-refractivity contribution is -0.134. The lowest BCUT2D eigenvalue weighted by atomic mass is 10.1. The van der Waals surface area contributed by atoms with E-state index in [1.807, 2.05) is 55.3 Å². The van der Waals surface area contributed by atoms with Gasteiger partial charge in [0.1, 0.15) is 6.04 Å². The molecule has 0 radical (unpaired) electrons. The topological polar surface area (TPSA) is 38.1 Å². The summed E-state index contributed by atoms with van der Waals surface area (Å²) < 4.78 is 1.80. The van der Waals surface area contributed by atoms with Gasteiger partial charge in [-0.15, -0.1) is 0 Å². The van der Waals surface area contributed by atoms with Gasteiger partial charge in [-0.05, 0) is 32.3 Å². The molecule has 0 bridgehead atoms. The van der Waals surface area contributed by atoms with Crippen molar-refractivity contribution >= 4 is 5.91 Å². The highest BCUT2D eigenvalue weighted by Crippen LogP contribution is 2.23. The van der Waals surface area contributed by atoms with Crippen molar-refractivity contribution in [1.29, 1.82) is 0 Å². The molecule has 0 N–H and O–H groups in total.